The maximum absolute atomic E-state index is 13.9. The lowest BCUT2D eigenvalue weighted by atomic mass is 9.77. The van der Waals surface area contributed by atoms with Crippen LogP contribution in [0, 0.1) is 83.1 Å². The molecule has 278 valence electrons. The Labute approximate surface area is 321 Å². The number of phenols is 1. The third kappa shape index (κ3) is 6.58. The van der Waals surface area contributed by atoms with Crippen molar-refractivity contribution in [2.24, 2.45) is 0 Å². The van der Waals surface area contributed by atoms with Gasteiger partial charge >= 0.3 is 6.18 Å². The van der Waals surface area contributed by atoms with Crippen molar-refractivity contribution in [2.45, 2.75) is 89.3 Å². The first-order chi connectivity index (χ1) is 25.4. The van der Waals surface area contributed by atoms with Gasteiger partial charge in [-0.25, -0.2) is 0 Å². The number of phenolic OH excluding ortho intramolecular Hbond substituents is 1. The van der Waals surface area contributed by atoms with Crippen LogP contribution in [-0.4, -0.2) is 5.11 Å². The van der Waals surface area contributed by atoms with E-state index in [0.29, 0.717) is 0 Å². The highest BCUT2D eigenvalue weighted by molar-refractivity contribution is 7.56. The van der Waals surface area contributed by atoms with E-state index in [-0.39, 0.29) is 19.6 Å². The van der Waals surface area contributed by atoms with Gasteiger partial charge in [0.25, 0.3) is 0 Å². The summed E-state index contributed by atoms with van der Waals surface area (Å²) in [5.74, 6) is -0.138. The van der Waals surface area contributed by atoms with Crippen molar-refractivity contribution in [1.29, 1.82) is 0 Å². The lowest BCUT2D eigenvalue weighted by Crippen LogP contribution is -2.15. The number of rotatable bonds is 6. The van der Waals surface area contributed by atoms with Gasteiger partial charge in [-0.3, -0.25) is 0 Å². The lowest BCUT2D eigenvalue weighted by Gasteiger charge is -2.27. The molecule has 1 N–H and O–H groups in total. The second kappa shape index (κ2) is 14.5. The second-order valence-corrected chi connectivity index (χ2v) is 16.3. The van der Waals surface area contributed by atoms with E-state index in [9.17, 15) is 18.3 Å². The van der Waals surface area contributed by atoms with Gasteiger partial charge in [-0.15, -0.1) is 0 Å². The molecule has 54 heavy (non-hydrogen) atoms. The molecule has 0 amide bonds. The molecule has 6 aromatic rings. The van der Waals surface area contributed by atoms with Crippen molar-refractivity contribution in [2.75, 3.05) is 0 Å². The molecule has 6 aromatic carbocycles. The van der Waals surface area contributed by atoms with E-state index in [0.717, 1.165) is 61.9 Å². The summed E-state index contributed by atoms with van der Waals surface area (Å²) in [4.78, 5) is 0. The number of benzene rings is 6. The molecule has 0 heterocycles. The first-order valence-electron chi connectivity index (χ1n) is 18.5. The number of hydrogen-bond donors (Lipinski definition) is 1. The van der Waals surface area contributed by atoms with Crippen LogP contribution in [0.4, 0.5) is 13.2 Å². The van der Waals surface area contributed by atoms with Gasteiger partial charge in [0.15, 0.2) is 0 Å². The molecule has 0 aliphatic rings. The zero-order valence-electron chi connectivity index (χ0n) is 33.5. The summed E-state index contributed by atoms with van der Waals surface area (Å²) >= 11 is 0. The standard InChI is InChI=1S/C49H50F3OP/c1-25-27(3)32(8)45(33(9)28(25)4)39-19-16-20-40(46-34(10)29(5)26(2)30(6)35(46)11)47(39)41-24-42(37-17-14-13-15-18-37)48(36(12)31(41)7)54-44-23-38(49(50,51)52)21-22-43(44)53/h13-24,53-54H,1-12H3. The van der Waals surface area contributed by atoms with Crippen LogP contribution in [0.2, 0.25) is 0 Å². The molecule has 0 aliphatic carbocycles. The van der Waals surface area contributed by atoms with E-state index in [1.54, 1.807) is 0 Å². The van der Waals surface area contributed by atoms with E-state index in [1.165, 1.54) is 72.8 Å². The fraction of sp³-hybridized carbons (Fsp3) is 0.265. The van der Waals surface area contributed by atoms with Crippen LogP contribution in [0.3, 0.4) is 0 Å². The van der Waals surface area contributed by atoms with Crippen molar-refractivity contribution >= 4 is 19.2 Å². The van der Waals surface area contributed by atoms with E-state index >= 15 is 0 Å². The summed E-state index contributed by atoms with van der Waals surface area (Å²) in [6.45, 7) is 26.4. The molecule has 5 heteroatoms. The molecule has 0 radical (unpaired) electrons. The Hall–Kier alpha value is -4.66. The minimum atomic E-state index is -4.52. The third-order valence-electron chi connectivity index (χ3n) is 12.4. The molecule has 0 saturated heterocycles. The number of hydrogen-bond acceptors (Lipinski definition) is 1. The lowest BCUT2D eigenvalue weighted by molar-refractivity contribution is -0.137. The van der Waals surface area contributed by atoms with Crippen LogP contribution in [0.25, 0.3) is 44.5 Å². The van der Waals surface area contributed by atoms with E-state index in [4.69, 9.17) is 0 Å². The molecule has 1 nitrogen and oxygen atoms in total. The van der Waals surface area contributed by atoms with Crippen molar-refractivity contribution in [3.05, 3.63) is 145 Å². The molecular weight excluding hydrogens is 693 g/mol. The molecule has 1 unspecified atom stereocenters. The van der Waals surface area contributed by atoms with Crippen molar-refractivity contribution in [3.63, 3.8) is 0 Å². The first kappa shape index (κ1) is 39.0. The normalized spacial score (nSPS) is 12.0. The van der Waals surface area contributed by atoms with Crippen molar-refractivity contribution < 1.29 is 18.3 Å². The Kier molecular flexibility index (Phi) is 10.5. The summed E-state index contributed by atoms with van der Waals surface area (Å²) in [7, 11) is -0.203. The van der Waals surface area contributed by atoms with Gasteiger partial charge in [0.2, 0.25) is 0 Å². The molecule has 0 aliphatic heterocycles. The van der Waals surface area contributed by atoms with Gasteiger partial charge in [-0.05, 0) is 224 Å². The zero-order valence-corrected chi connectivity index (χ0v) is 34.5. The van der Waals surface area contributed by atoms with E-state index in [2.05, 4.69) is 119 Å². The number of alkyl halides is 3. The maximum atomic E-state index is 13.9. The molecule has 6 rings (SSSR count). The maximum Gasteiger partial charge on any atom is 0.416 e. The summed E-state index contributed by atoms with van der Waals surface area (Å²) in [6.07, 6.45) is -4.52. The van der Waals surface area contributed by atoms with Crippen LogP contribution in [0.1, 0.15) is 72.3 Å². The third-order valence-corrected chi connectivity index (χ3v) is 14.0. The summed E-state index contributed by atoms with van der Waals surface area (Å²) in [5, 5.41) is 12.1. The molecule has 0 aromatic heterocycles. The topological polar surface area (TPSA) is 20.2 Å². The Morgan fingerprint density at radius 3 is 1.35 bits per heavy atom. The number of halogens is 3. The minimum Gasteiger partial charge on any atom is -0.507 e. The Morgan fingerprint density at radius 1 is 0.426 bits per heavy atom. The monoisotopic (exact) mass is 742 g/mol. The fourth-order valence-electron chi connectivity index (χ4n) is 8.20. The molecular formula is C49H50F3OP. The number of aromatic hydroxyl groups is 1. The summed E-state index contributed by atoms with van der Waals surface area (Å²) in [6, 6.07) is 22.2. The summed E-state index contributed by atoms with van der Waals surface area (Å²) < 4.78 is 41.7. The Bertz CT molecular complexity index is 2320. The van der Waals surface area contributed by atoms with Gasteiger partial charge in [0, 0.05) is 5.30 Å². The SMILES string of the molecule is Cc1c(-c2c(-c3c(C)c(C)c(C)c(C)c3C)cccc2-c2c(C)c(C)c(C)c(C)c2C)cc(-c2ccccc2)c(Pc2cc(C(F)(F)F)ccc2O)c1C. The van der Waals surface area contributed by atoms with Crippen molar-refractivity contribution in [1.82, 2.24) is 0 Å². The smallest absolute Gasteiger partial charge is 0.416 e. The summed E-state index contributed by atoms with van der Waals surface area (Å²) in [5.41, 5.74) is 23.0. The van der Waals surface area contributed by atoms with Gasteiger partial charge in [0.1, 0.15) is 5.75 Å². The second-order valence-electron chi connectivity index (χ2n) is 15.0. The quantitative estimate of drug-likeness (QED) is 0.169. The predicted octanol–water partition coefficient (Wildman–Crippen LogP) is 13.4. The van der Waals surface area contributed by atoms with Crippen LogP contribution in [0.5, 0.6) is 5.75 Å². The highest BCUT2D eigenvalue weighted by Crippen LogP contribution is 2.49. The average Bonchev–Trinajstić information content (AvgIpc) is 3.14. The van der Waals surface area contributed by atoms with Crippen LogP contribution >= 0.6 is 8.58 Å². The van der Waals surface area contributed by atoms with Gasteiger partial charge in [-0.1, -0.05) is 57.1 Å². The minimum absolute atomic E-state index is 0.138. The van der Waals surface area contributed by atoms with Crippen LogP contribution < -0.4 is 10.6 Å². The first-order valence-corrected chi connectivity index (χ1v) is 19.5. The molecule has 0 fully saturated rings. The molecule has 1 atom stereocenters. The zero-order chi connectivity index (χ0) is 39.5. The van der Waals surface area contributed by atoms with Crippen LogP contribution in [0.15, 0.2) is 72.8 Å². The Balaban J connectivity index is 1.78. The van der Waals surface area contributed by atoms with Gasteiger partial charge in [0.05, 0.1) is 5.56 Å². The van der Waals surface area contributed by atoms with Gasteiger partial charge in [-0.2, -0.15) is 13.2 Å². The fourth-order valence-corrected chi connectivity index (χ4v) is 9.63. The highest BCUT2D eigenvalue weighted by Gasteiger charge is 2.32. The van der Waals surface area contributed by atoms with Gasteiger partial charge < -0.3 is 5.11 Å². The molecule has 0 saturated carbocycles. The van der Waals surface area contributed by atoms with Crippen molar-refractivity contribution in [3.8, 4) is 50.3 Å². The molecule has 0 bridgehead atoms. The van der Waals surface area contributed by atoms with E-state index < -0.39 is 11.7 Å². The predicted molar refractivity (Wildman–Crippen MR) is 226 cm³/mol. The molecule has 0 spiro atoms. The Morgan fingerprint density at radius 2 is 0.889 bits per heavy atom. The largest absolute Gasteiger partial charge is 0.507 e. The highest BCUT2D eigenvalue weighted by atomic mass is 31.1. The van der Waals surface area contributed by atoms with E-state index in [1.807, 2.05) is 18.2 Å². The van der Waals surface area contributed by atoms with Crippen LogP contribution in [-0.2, 0) is 6.18 Å². The average molecular weight is 743 g/mol.